The summed E-state index contributed by atoms with van der Waals surface area (Å²) < 4.78 is -0.520. The molecular formula is C10H10Cl3N. The summed E-state index contributed by atoms with van der Waals surface area (Å²) in [7, 11) is 0. The molecule has 76 valence electrons. The fourth-order valence-corrected chi connectivity index (χ4v) is 2.06. The Balaban J connectivity index is 1.90. The quantitative estimate of drug-likeness (QED) is 0.801. The van der Waals surface area contributed by atoms with Gasteiger partial charge in [-0.3, -0.25) is 0 Å². The number of anilines is 1. The van der Waals surface area contributed by atoms with Crippen LogP contribution in [0.2, 0.25) is 5.02 Å². The number of hydrogen-bond acceptors (Lipinski definition) is 1. The molecule has 1 atom stereocenters. The normalized spacial score (nSPS) is 23.2. The van der Waals surface area contributed by atoms with E-state index in [4.69, 9.17) is 34.8 Å². The summed E-state index contributed by atoms with van der Waals surface area (Å²) >= 11 is 17.8. The van der Waals surface area contributed by atoms with E-state index in [1.165, 1.54) is 0 Å². The average Bonchev–Trinajstić information content (AvgIpc) is 2.73. The largest absolute Gasteiger partial charge is 0.383 e. The van der Waals surface area contributed by atoms with E-state index in [2.05, 4.69) is 5.32 Å². The van der Waals surface area contributed by atoms with Gasteiger partial charge in [-0.25, -0.2) is 0 Å². The molecule has 0 amide bonds. The summed E-state index contributed by atoms with van der Waals surface area (Å²) in [4.78, 5) is 0. The number of alkyl halides is 2. The second-order valence-electron chi connectivity index (χ2n) is 3.52. The highest BCUT2D eigenvalue weighted by Crippen LogP contribution is 2.53. The molecule has 0 saturated heterocycles. The van der Waals surface area contributed by atoms with Gasteiger partial charge in [0.2, 0.25) is 0 Å². The lowest BCUT2D eigenvalue weighted by molar-refractivity contribution is 0.875. The Morgan fingerprint density at radius 1 is 1.36 bits per heavy atom. The van der Waals surface area contributed by atoms with Crippen molar-refractivity contribution in [2.75, 3.05) is 11.9 Å². The van der Waals surface area contributed by atoms with E-state index in [0.29, 0.717) is 5.92 Å². The Morgan fingerprint density at radius 3 is 2.57 bits per heavy atom. The molecule has 4 heteroatoms. The molecule has 1 aliphatic rings. The fourth-order valence-electron chi connectivity index (χ4n) is 1.33. The minimum absolute atomic E-state index is 0.335. The van der Waals surface area contributed by atoms with Crippen LogP contribution in [0.4, 0.5) is 5.69 Å². The first-order chi connectivity index (χ1) is 6.59. The minimum atomic E-state index is -0.520. The summed E-state index contributed by atoms with van der Waals surface area (Å²) in [5.41, 5.74) is 0.935. The van der Waals surface area contributed by atoms with Crippen LogP contribution in [0.5, 0.6) is 0 Å². The molecule has 1 saturated carbocycles. The van der Waals surface area contributed by atoms with Crippen molar-refractivity contribution < 1.29 is 0 Å². The van der Waals surface area contributed by atoms with Gasteiger partial charge in [-0.15, -0.1) is 23.2 Å². The predicted octanol–water partition coefficient (Wildman–Crippen LogP) is 3.95. The van der Waals surface area contributed by atoms with Gasteiger partial charge >= 0.3 is 0 Å². The van der Waals surface area contributed by atoms with Crippen molar-refractivity contribution in [2.24, 2.45) is 5.92 Å². The fraction of sp³-hybridized carbons (Fsp3) is 0.400. The smallest absolute Gasteiger partial charge is 0.123 e. The number of para-hydroxylation sites is 1. The number of hydrogen-bond donors (Lipinski definition) is 1. The maximum atomic E-state index is 5.97. The van der Waals surface area contributed by atoms with E-state index >= 15 is 0 Å². The number of nitrogens with one attached hydrogen (secondary N) is 1. The standard InChI is InChI=1S/C10H10Cl3N/c11-8-3-1-2-4-9(8)14-6-7-5-10(7,12)13/h1-4,7,14H,5-6H2. The molecule has 0 aliphatic heterocycles. The van der Waals surface area contributed by atoms with Crippen LogP contribution in [-0.4, -0.2) is 10.9 Å². The molecule has 1 aliphatic carbocycles. The molecule has 1 unspecified atom stereocenters. The number of rotatable bonds is 3. The molecule has 2 rings (SSSR count). The molecule has 0 spiro atoms. The second kappa shape index (κ2) is 3.80. The van der Waals surface area contributed by atoms with Gasteiger partial charge in [0.25, 0.3) is 0 Å². The SMILES string of the molecule is Clc1ccccc1NCC1CC1(Cl)Cl. The minimum Gasteiger partial charge on any atom is -0.383 e. The van der Waals surface area contributed by atoms with E-state index in [-0.39, 0.29) is 0 Å². The lowest BCUT2D eigenvalue weighted by Crippen LogP contribution is -2.07. The summed E-state index contributed by atoms with van der Waals surface area (Å²) in [6.45, 7) is 0.775. The van der Waals surface area contributed by atoms with Crippen LogP contribution in [0.1, 0.15) is 6.42 Å². The van der Waals surface area contributed by atoms with Crippen molar-refractivity contribution in [3.05, 3.63) is 29.3 Å². The van der Waals surface area contributed by atoms with Crippen LogP contribution >= 0.6 is 34.8 Å². The van der Waals surface area contributed by atoms with Crippen LogP contribution in [-0.2, 0) is 0 Å². The lowest BCUT2D eigenvalue weighted by atomic mass is 10.3. The van der Waals surface area contributed by atoms with Crippen molar-refractivity contribution >= 4 is 40.5 Å². The van der Waals surface area contributed by atoms with E-state index < -0.39 is 4.33 Å². The molecule has 1 nitrogen and oxygen atoms in total. The van der Waals surface area contributed by atoms with Crippen molar-refractivity contribution in [2.45, 2.75) is 10.8 Å². The zero-order valence-electron chi connectivity index (χ0n) is 7.43. The first-order valence-corrected chi connectivity index (χ1v) is 5.59. The Labute approximate surface area is 98.3 Å². The van der Waals surface area contributed by atoms with Crippen molar-refractivity contribution in [1.29, 1.82) is 0 Å². The van der Waals surface area contributed by atoms with Gasteiger partial charge < -0.3 is 5.32 Å². The summed E-state index contributed by atoms with van der Waals surface area (Å²) in [5, 5.41) is 3.95. The molecule has 1 fully saturated rings. The predicted molar refractivity (Wildman–Crippen MR) is 62.5 cm³/mol. The average molecular weight is 251 g/mol. The number of halogens is 3. The van der Waals surface area contributed by atoms with Crippen LogP contribution in [0.3, 0.4) is 0 Å². The molecule has 1 aromatic carbocycles. The molecule has 1 aromatic rings. The second-order valence-corrected chi connectivity index (χ2v) is 5.47. The van der Waals surface area contributed by atoms with Crippen molar-refractivity contribution in [3.63, 3.8) is 0 Å². The monoisotopic (exact) mass is 249 g/mol. The van der Waals surface area contributed by atoms with Gasteiger partial charge in [-0.2, -0.15) is 0 Å². The van der Waals surface area contributed by atoms with E-state index in [9.17, 15) is 0 Å². The molecule has 1 N–H and O–H groups in total. The third-order valence-corrected chi connectivity index (χ3v) is 3.62. The zero-order chi connectivity index (χ0) is 10.2. The third-order valence-electron chi connectivity index (χ3n) is 2.37. The molecule has 14 heavy (non-hydrogen) atoms. The van der Waals surface area contributed by atoms with Gasteiger partial charge in [0.1, 0.15) is 4.33 Å². The Kier molecular flexibility index (Phi) is 2.83. The summed E-state index contributed by atoms with van der Waals surface area (Å²) in [5.74, 6) is 0.335. The highest BCUT2D eigenvalue weighted by Gasteiger charge is 2.51. The first-order valence-electron chi connectivity index (χ1n) is 4.46. The van der Waals surface area contributed by atoms with E-state index in [1.807, 2.05) is 24.3 Å². The maximum absolute atomic E-state index is 5.97. The van der Waals surface area contributed by atoms with Gasteiger partial charge in [-0.05, 0) is 18.6 Å². The van der Waals surface area contributed by atoms with Crippen LogP contribution < -0.4 is 5.32 Å². The van der Waals surface area contributed by atoms with Crippen molar-refractivity contribution in [1.82, 2.24) is 0 Å². The zero-order valence-corrected chi connectivity index (χ0v) is 9.70. The molecule has 0 radical (unpaired) electrons. The molecule has 0 aromatic heterocycles. The Morgan fingerprint density at radius 2 is 2.00 bits per heavy atom. The topological polar surface area (TPSA) is 12.0 Å². The summed E-state index contributed by atoms with van der Waals surface area (Å²) in [6, 6.07) is 7.63. The van der Waals surface area contributed by atoms with Gasteiger partial charge in [0.05, 0.1) is 10.7 Å². The highest BCUT2D eigenvalue weighted by molar-refractivity contribution is 6.50. The van der Waals surface area contributed by atoms with Crippen LogP contribution in [0.15, 0.2) is 24.3 Å². The Bertz CT molecular complexity index is 338. The van der Waals surface area contributed by atoms with E-state index in [1.54, 1.807) is 0 Å². The third kappa shape index (κ3) is 2.28. The highest BCUT2D eigenvalue weighted by atomic mass is 35.5. The Hall–Kier alpha value is -0.110. The summed E-state index contributed by atoms with van der Waals surface area (Å²) in [6.07, 6.45) is 0.855. The van der Waals surface area contributed by atoms with Crippen LogP contribution in [0, 0.1) is 5.92 Å². The van der Waals surface area contributed by atoms with Gasteiger partial charge in [0.15, 0.2) is 0 Å². The first kappa shape index (κ1) is 10.4. The van der Waals surface area contributed by atoms with Crippen LogP contribution in [0.25, 0.3) is 0 Å². The van der Waals surface area contributed by atoms with E-state index in [0.717, 1.165) is 23.7 Å². The van der Waals surface area contributed by atoms with Gasteiger partial charge in [-0.1, -0.05) is 23.7 Å². The number of benzene rings is 1. The van der Waals surface area contributed by atoms with Crippen molar-refractivity contribution in [3.8, 4) is 0 Å². The molecular weight excluding hydrogens is 240 g/mol. The van der Waals surface area contributed by atoms with Gasteiger partial charge in [0, 0.05) is 12.5 Å². The molecule has 0 bridgehead atoms. The lowest BCUT2D eigenvalue weighted by Gasteiger charge is -2.07. The maximum Gasteiger partial charge on any atom is 0.123 e. The molecule has 0 heterocycles.